The fraction of sp³-hybridized carbons (Fsp3) is 0.304. The van der Waals surface area contributed by atoms with E-state index in [1.807, 2.05) is 19.9 Å². The fourth-order valence-electron chi connectivity index (χ4n) is 2.59. The maximum absolute atomic E-state index is 12.2. The highest BCUT2D eigenvalue weighted by atomic mass is 16.5. The number of hydrogen-bond donors (Lipinski definition) is 1. The van der Waals surface area contributed by atoms with Gasteiger partial charge >= 0.3 is 11.9 Å². The van der Waals surface area contributed by atoms with Crippen LogP contribution in [0.25, 0.3) is 0 Å². The van der Waals surface area contributed by atoms with Crippen LogP contribution in [0.3, 0.4) is 0 Å². The van der Waals surface area contributed by atoms with Gasteiger partial charge in [-0.2, -0.15) is 0 Å². The van der Waals surface area contributed by atoms with Crippen LogP contribution in [-0.4, -0.2) is 36.8 Å². The smallest absolute Gasteiger partial charge is 0.338 e. The summed E-state index contributed by atoms with van der Waals surface area (Å²) in [5.74, 6) is -1.74. The third-order valence-electron chi connectivity index (χ3n) is 4.43. The van der Waals surface area contributed by atoms with Gasteiger partial charge in [0.15, 0.2) is 12.4 Å². The van der Waals surface area contributed by atoms with Gasteiger partial charge in [0.25, 0.3) is 5.91 Å². The van der Waals surface area contributed by atoms with E-state index in [1.165, 1.54) is 12.1 Å². The number of carbonyl (C=O) groups excluding carboxylic acids is 4. The Morgan fingerprint density at radius 1 is 0.833 bits per heavy atom. The third kappa shape index (κ3) is 6.84. The first-order valence-electron chi connectivity index (χ1n) is 9.63. The summed E-state index contributed by atoms with van der Waals surface area (Å²) in [7, 11) is 0. The van der Waals surface area contributed by atoms with Gasteiger partial charge in [-0.3, -0.25) is 14.4 Å². The summed E-state index contributed by atoms with van der Waals surface area (Å²) < 4.78 is 9.81. The van der Waals surface area contributed by atoms with Crippen LogP contribution < -0.4 is 5.32 Å². The predicted molar refractivity (Wildman–Crippen MR) is 111 cm³/mol. The lowest BCUT2D eigenvalue weighted by atomic mass is 10.0. The van der Waals surface area contributed by atoms with Gasteiger partial charge < -0.3 is 14.8 Å². The molecule has 0 atom stereocenters. The number of benzene rings is 2. The SMILES string of the molecule is CCOC(=O)c1ccc(NC(=O)COC(=O)CCC(=O)c2ccc(C)c(C)c2)cc1. The van der Waals surface area contributed by atoms with Crippen LogP contribution in [0.15, 0.2) is 42.5 Å². The largest absolute Gasteiger partial charge is 0.462 e. The fourth-order valence-corrected chi connectivity index (χ4v) is 2.59. The van der Waals surface area contributed by atoms with Crippen molar-refractivity contribution >= 4 is 29.3 Å². The molecule has 1 amide bonds. The van der Waals surface area contributed by atoms with Gasteiger partial charge in [0.2, 0.25) is 0 Å². The maximum Gasteiger partial charge on any atom is 0.338 e. The van der Waals surface area contributed by atoms with Crippen LogP contribution in [0.2, 0.25) is 0 Å². The van der Waals surface area contributed by atoms with E-state index < -0.39 is 24.5 Å². The first-order chi connectivity index (χ1) is 14.3. The van der Waals surface area contributed by atoms with Crippen LogP contribution in [0.1, 0.15) is 51.6 Å². The molecule has 0 bridgehead atoms. The van der Waals surface area contributed by atoms with E-state index >= 15 is 0 Å². The molecule has 0 fully saturated rings. The molecule has 1 N–H and O–H groups in total. The molecule has 0 saturated heterocycles. The molecular formula is C23H25NO6. The molecule has 7 nitrogen and oxygen atoms in total. The Bertz CT molecular complexity index is 933. The first kappa shape index (κ1) is 22.8. The monoisotopic (exact) mass is 411 g/mol. The average Bonchev–Trinajstić information content (AvgIpc) is 2.73. The van der Waals surface area contributed by atoms with Crippen LogP contribution in [0.5, 0.6) is 0 Å². The van der Waals surface area contributed by atoms with Gasteiger partial charge in [0, 0.05) is 17.7 Å². The summed E-state index contributed by atoms with van der Waals surface area (Å²) in [5.41, 5.74) is 3.47. The Balaban J connectivity index is 1.75. The lowest BCUT2D eigenvalue weighted by Crippen LogP contribution is -2.21. The number of hydrogen-bond acceptors (Lipinski definition) is 6. The number of aryl methyl sites for hydroxylation is 2. The minimum atomic E-state index is -0.625. The van der Waals surface area contributed by atoms with E-state index in [-0.39, 0.29) is 25.2 Å². The zero-order chi connectivity index (χ0) is 22.1. The molecule has 2 rings (SSSR count). The molecule has 0 spiro atoms. The molecule has 0 aliphatic heterocycles. The number of nitrogens with one attached hydrogen (secondary N) is 1. The Morgan fingerprint density at radius 3 is 2.13 bits per heavy atom. The Labute approximate surface area is 175 Å². The van der Waals surface area contributed by atoms with Crippen LogP contribution in [0, 0.1) is 13.8 Å². The minimum absolute atomic E-state index is 0.0122. The third-order valence-corrected chi connectivity index (χ3v) is 4.43. The van der Waals surface area contributed by atoms with Gasteiger partial charge in [0.1, 0.15) is 0 Å². The summed E-state index contributed by atoms with van der Waals surface area (Å²) >= 11 is 0. The normalized spacial score (nSPS) is 10.2. The second kappa shape index (κ2) is 10.9. The molecule has 0 aromatic heterocycles. The van der Waals surface area contributed by atoms with Crippen LogP contribution >= 0.6 is 0 Å². The van der Waals surface area contributed by atoms with Crippen molar-refractivity contribution in [1.82, 2.24) is 0 Å². The summed E-state index contributed by atoms with van der Waals surface area (Å²) in [5, 5.41) is 2.56. The zero-order valence-electron chi connectivity index (χ0n) is 17.3. The molecule has 7 heteroatoms. The van der Waals surface area contributed by atoms with E-state index in [4.69, 9.17) is 9.47 Å². The van der Waals surface area contributed by atoms with Crippen molar-refractivity contribution in [3.63, 3.8) is 0 Å². The van der Waals surface area contributed by atoms with E-state index in [0.717, 1.165) is 11.1 Å². The molecular weight excluding hydrogens is 386 g/mol. The predicted octanol–water partition coefficient (Wildman–Crippen LogP) is 3.62. The van der Waals surface area contributed by atoms with E-state index in [9.17, 15) is 19.2 Å². The number of Topliss-reactive ketones (excluding diaryl/α,β-unsaturated/α-hetero) is 1. The molecule has 0 heterocycles. The molecule has 0 unspecified atom stereocenters. The number of ketones is 1. The molecule has 0 saturated carbocycles. The van der Waals surface area contributed by atoms with Gasteiger partial charge in [-0.05, 0) is 62.2 Å². The van der Waals surface area contributed by atoms with Crippen LogP contribution in [-0.2, 0) is 19.1 Å². The number of rotatable bonds is 9. The maximum atomic E-state index is 12.2. The van der Waals surface area contributed by atoms with Crippen molar-refractivity contribution in [2.45, 2.75) is 33.6 Å². The molecule has 30 heavy (non-hydrogen) atoms. The number of carbonyl (C=O) groups is 4. The number of ether oxygens (including phenoxy) is 2. The lowest BCUT2D eigenvalue weighted by Gasteiger charge is -2.08. The second-order valence-corrected chi connectivity index (χ2v) is 6.73. The highest BCUT2D eigenvalue weighted by Gasteiger charge is 2.13. The summed E-state index contributed by atoms with van der Waals surface area (Å²) in [6.45, 7) is 5.41. The molecule has 2 aromatic carbocycles. The second-order valence-electron chi connectivity index (χ2n) is 6.73. The number of esters is 2. The lowest BCUT2D eigenvalue weighted by molar-refractivity contribution is -0.147. The van der Waals surface area contributed by atoms with Crippen LogP contribution in [0.4, 0.5) is 5.69 Å². The van der Waals surface area contributed by atoms with E-state index in [0.29, 0.717) is 16.8 Å². The molecule has 158 valence electrons. The van der Waals surface area contributed by atoms with Gasteiger partial charge in [0.05, 0.1) is 18.6 Å². The van der Waals surface area contributed by atoms with Crippen molar-refractivity contribution in [2.75, 3.05) is 18.5 Å². The Morgan fingerprint density at radius 2 is 1.50 bits per heavy atom. The van der Waals surface area contributed by atoms with Crippen molar-refractivity contribution in [1.29, 1.82) is 0 Å². The molecule has 0 aliphatic carbocycles. The summed E-state index contributed by atoms with van der Waals surface area (Å²) in [6, 6.07) is 11.5. The highest BCUT2D eigenvalue weighted by Crippen LogP contribution is 2.13. The Kier molecular flexibility index (Phi) is 8.29. The van der Waals surface area contributed by atoms with Crippen molar-refractivity contribution < 1.29 is 28.7 Å². The number of amides is 1. The Hall–Kier alpha value is -3.48. The minimum Gasteiger partial charge on any atom is -0.462 e. The van der Waals surface area contributed by atoms with Crippen molar-refractivity contribution in [3.05, 3.63) is 64.7 Å². The first-order valence-corrected chi connectivity index (χ1v) is 9.63. The number of anilines is 1. The molecule has 0 radical (unpaired) electrons. The van der Waals surface area contributed by atoms with E-state index in [2.05, 4.69) is 5.32 Å². The van der Waals surface area contributed by atoms with Gasteiger partial charge in [-0.15, -0.1) is 0 Å². The van der Waals surface area contributed by atoms with Gasteiger partial charge in [-0.25, -0.2) is 4.79 Å². The quantitative estimate of drug-likeness (QED) is 0.500. The van der Waals surface area contributed by atoms with Gasteiger partial charge in [-0.1, -0.05) is 12.1 Å². The molecule has 0 aliphatic rings. The van der Waals surface area contributed by atoms with E-state index in [1.54, 1.807) is 31.2 Å². The summed E-state index contributed by atoms with van der Waals surface area (Å²) in [6.07, 6.45) is -0.0917. The van der Waals surface area contributed by atoms with Crippen molar-refractivity contribution in [2.24, 2.45) is 0 Å². The average molecular weight is 411 g/mol. The van der Waals surface area contributed by atoms with Crippen molar-refractivity contribution in [3.8, 4) is 0 Å². The topological polar surface area (TPSA) is 98.8 Å². The highest BCUT2D eigenvalue weighted by molar-refractivity contribution is 5.98. The molecule has 2 aromatic rings. The zero-order valence-corrected chi connectivity index (χ0v) is 17.3. The summed E-state index contributed by atoms with van der Waals surface area (Å²) in [4.78, 5) is 47.5. The standard InChI is InChI=1S/C23H25NO6/c1-4-29-23(28)17-7-9-19(10-8-17)24-21(26)14-30-22(27)12-11-20(25)18-6-5-15(2)16(3)13-18/h5-10,13H,4,11-12,14H2,1-3H3,(H,24,26).